The molecule has 0 aromatic heterocycles. The highest BCUT2D eigenvalue weighted by molar-refractivity contribution is 5.82. The van der Waals surface area contributed by atoms with E-state index in [2.05, 4.69) is 5.32 Å². The van der Waals surface area contributed by atoms with Gasteiger partial charge in [-0.1, -0.05) is 13.3 Å². The van der Waals surface area contributed by atoms with Gasteiger partial charge in [-0.15, -0.1) is 0 Å². The van der Waals surface area contributed by atoms with Crippen LogP contribution in [0.1, 0.15) is 33.1 Å². The van der Waals surface area contributed by atoms with Crippen molar-refractivity contribution in [2.24, 2.45) is 5.92 Å². The largest absolute Gasteiger partial charge is 0.481 e. The minimum atomic E-state index is -1.53. The quantitative estimate of drug-likeness (QED) is 0.527. The van der Waals surface area contributed by atoms with Gasteiger partial charge in [0.15, 0.2) is 0 Å². The third-order valence-corrected chi connectivity index (χ3v) is 2.68. The summed E-state index contributed by atoms with van der Waals surface area (Å²) in [7, 11) is 0. The summed E-state index contributed by atoms with van der Waals surface area (Å²) in [4.78, 5) is 32.1. The molecule has 0 saturated carbocycles. The van der Waals surface area contributed by atoms with Gasteiger partial charge < -0.3 is 15.5 Å². The molecule has 0 bridgehead atoms. The number of carbonyl (C=O) groups is 3. The number of nitrogens with one attached hydrogen (secondary N) is 1. The molecule has 2 unspecified atom stereocenters. The van der Waals surface area contributed by atoms with Crippen LogP contribution in [0.3, 0.4) is 0 Å². The third-order valence-electron chi connectivity index (χ3n) is 2.68. The molecule has 0 spiro atoms. The lowest BCUT2D eigenvalue weighted by atomic mass is 9.80. The summed E-state index contributed by atoms with van der Waals surface area (Å²) in [5, 5.41) is 20.0. The first-order valence-electron chi connectivity index (χ1n) is 5.05. The summed E-state index contributed by atoms with van der Waals surface area (Å²) >= 11 is 0. The van der Waals surface area contributed by atoms with Crippen LogP contribution in [0.25, 0.3) is 0 Å². The summed E-state index contributed by atoms with van der Waals surface area (Å²) < 4.78 is 0. The van der Waals surface area contributed by atoms with Crippen molar-refractivity contribution in [2.75, 3.05) is 0 Å². The molecule has 6 heteroatoms. The van der Waals surface area contributed by atoms with E-state index in [1.54, 1.807) is 0 Å². The van der Waals surface area contributed by atoms with E-state index in [-0.39, 0.29) is 6.42 Å². The van der Waals surface area contributed by atoms with Crippen LogP contribution in [0, 0.1) is 5.92 Å². The molecule has 3 N–H and O–H groups in total. The van der Waals surface area contributed by atoms with Gasteiger partial charge >= 0.3 is 11.9 Å². The second-order valence-electron chi connectivity index (χ2n) is 3.85. The van der Waals surface area contributed by atoms with Crippen LogP contribution >= 0.6 is 0 Å². The Morgan fingerprint density at radius 1 is 1.44 bits per heavy atom. The molecule has 92 valence electrons. The van der Waals surface area contributed by atoms with E-state index in [9.17, 15) is 14.4 Å². The van der Waals surface area contributed by atoms with Crippen molar-refractivity contribution in [1.82, 2.24) is 5.32 Å². The minimum Gasteiger partial charge on any atom is -0.481 e. The Labute approximate surface area is 93.6 Å². The van der Waals surface area contributed by atoms with Crippen LogP contribution in [-0.2, 0) is 14.4 Å². The van der Waals surface area contributed by atoms with Gasteiger partial charge in [0.05, 0.1) is 6.42 Å². The smallest absolute Gasteiger partial charge is 0.329 e. The molecule has 0 radical (unpaired) electrons. The second-order valence-corrected chi connectivity index (χ2v) is 3.85. The highest BCUT2D eigenvalue weighted by atomic mass is 16.4. The summed E-state index contributed by atoms with van der Waals surface area (Å²) in [5.41, 5.74) is -1.53. The van der Waals surface area contributed by atoms with Crippen LogP contribution in [0.4, 0.5) is 0 Å². The Morgan fingerprint density at radius 2 is 2.00 bits per heavy atom. The molecule has 0 aliphatic heterocycles. The summed E-state index contributed by atoms with van der Waals surface area (Å²) in [5.74, 6) is -2.92. The molecule has 1 amide bonds. The van der Waals surface area contributed by atoms with Gasteiger partial charge in [0.2, 0.25) is 6.41 Å². The Balaban J connectivity index is 4.99. The van der Waals surface area contributed by atoms with Crippen molar-refractivity contribution in [3.8, 4) is 0 Å². The number of carboxylic acid groups (broad SMARTS) is 2. The fourth-order valence-corrected chi connectivity index (χ4v) is 1.63. The lowest BCUT2D eigenvalue weighted by Crippen LogP contribution is -2.55. The monoisotopic (exact) mass is 231 g/mol. The first-order valence-corrected chi connectivity index (χ1v) is 5.05. The lowest BCUT2D eigenvalue weighted by molar-refractivity contribution is -0.150. The predicted molar refractivity (Wildman–Crippen MR) is 55.9 cm³/mol. The molecule has 0 fully saturated rings. The number of carboxylic acids is 2. The minimum absolute atomic E-state index is 0.280. The number of aliphatic carboxylic acids is 2. The van der Waals surface area contributed by atoms with Gasteiger partial charge in [0.1, 0.15) is 5.54 Å². The molecule has 0 heterocycles. The van der Waals surface area contributed by atoms with E-state index in [0.717, 1.165) is 0 Å². The first-order chi connectivity index (χ1) is 7.38. The van der Waals surface area contributed by atoms with E-state index in [1.807, 2.05) is 6.92 Å². The van der Waals surface area contributed by atoms with E-state index in [1.165, 1.54) is 6.92 Å². The van der Waals surface area contributed by atoms with Gasteiger partial charge in [0, 0.05) is 5.92 Å². The number of amides is 1. The molecule has 2 atom stereocenters. The maximum atomic E-state index is 11.1. The normalized spacial score (nSPS) is 15.9. The van der Waals surface area contributed by atoms with Crippen molar-refractivity contribution >= 4 is 18.3 Å². The number of rotatable bonds is 8. The topological polar surface area (TPSA) is 104 Å². The third kappa shape index (κ3) is 3.52. The standard InChI is InChI=1S/C10H17NO5/c1-3-4-7(5-8(13)14)10(2,9(15)16)11-6-12/h6-7H,3-5H2,1-2H3,(H,11,12)(H,13,14)(H,15,16). The van der Waals surface area contributed by atoms with E-state index in [0.29, 0.717) is 19.3 Å². The molecule has 0 aliphatic carbocycles. The SMILES string of the molecule is CCCC(CC(=O)O)C(C)(NC=O)C(=O)O. The van der Waals surface area contributed by atoms with Crippen LogP contribution in [0.15, 0.2) is 0 Å². The Kier molecular flexibility index (Phi) is 5.49. The zero-order chi connectivity index (χ0) is 12.8. The summed E-state index contributed by atoms with van der Waals surface area (Å²) in [6.45, 7) is 3.16. The molecule has 0 aromatic rings. The molecular formula is C10H17NO5. The van der Waals surface area contributed by atoms with Gasteiger partial charge in [-0.2, -0.15) is 0 Å². The summed E-state index contributed by atoms with van der Waals surface area (Å²) in [6.07, 6.45) is 1.09. The predicted octanol–water partition coefficient (Wildman–Crippen LogP) is 0.467. The van der Waals surface area contributed by atoms with Crippen molar-refractivity contribution in [3.05, 3.63) is 0 Å². The summed E-state index contributed by atoms with van der Waals surface area (Å²) in [6, 6.07) is 0. The maximum Gasteiger partial charge on any atom is 0.329 e. The van der Waals surface area contributed by atoms with Crippen molar-refractivity contribution in [1.29, 1.82) is 0 Å². The van der Waals surface area contributed by atoms with Crippen molar-refractivity contribution in [2.45, 2.75) is 38.6 Å². The highest BCUT2D eigenvalue weighted by Crippen LogP contribution is 2.25. The fraction of sp³-hybridized carbons (Fsp3) is 0.700. The maximum absolute atomic E-state index is 11.1. The van der Waals surface area contributed by atoms with Gasteiger partial charge in [-0.05, 0) is 13.3 Å². The van der Waals surface area contributed by atoms with Crippen molar-refractivity contribution in [3.63, 3.8) is 0 Å². The molecule has 0 rings (SSSR count). The number of carbonyl (C=O) groups excluding carboxylic acids is 1. The van der Waals surface area contributed by atoms with E-state index >= 15 is 0 Å². The van der Waals surface area contributed by atoms with Crippen LogP contribution < -0.4 is 5.32 Å². The Hall–Kier alpha value is -1.59. The Bertz CT molecular complexity index is 278. The molecular weight excluding hydrogens is 214 g/mol. The van der Waals surface area contributed by atoms with Gasteiger partial charge in [0.25, 0.3) is 0 Å². The second kappa shape index (κ2) is 6.09. The van der Waals surface area contributed by atoms with Crippen LogP contribution in [-0.4, -0.2) is 34.1 Å². The number of hydrogen-bond donors (Lipinski definition) is 3. The average molecular weight is 231 g/mol. The fourth-order valence-electron chi connectivity index (χ4n) is 1.63. The van der Waals surface area contributed by atoms with Crippen LogP contribution in [0.5, 0.6) is 0 Å². The van der Waals surface area contributed by atoms with Gasteiger partial charge in [-0.25, -0.2) is 4.79 Å². The van der Waals surface area contributed by atoms with Crippen molar-refractivity contribution < 1.29 is 24.6 Å². The molecule has 0 aromatic carbocycles. The van der Waals surface area contributed by atoms with Crippen LogP contribution in [0.2, 0.25) is 0 Å². The molecule has 6 nitrogen and oxygen atoms in total. The van der Waals surface area contributed by atoms with E-state index in [4.69, 9.17) is 10.2 Å². The molecule has 0 saturated heterocycles. The lowest BCUT2D eigenvalue weighted by Gasteiger charge is -2.32. The zero-order valence-electron chi connectivity index (χ0n) is 9.40. The molecule has 16 heavy (non-hydrogen) atoms. The van der Waals surface area contributed by atoms with E-state index < -0.39 is 23.4 Å². The van der Waals surface area contributed by atoms with Gasteiger partial charge in [-0.3, -0.25) is 9.59 Å². The molecule has 0 aliphatic rings. The zero-order valence-corrected chi connectivity index (χ0v) is 9.40. The average Bonchev–Trinajstić information content (AvgIpc) is 2.16. The number of hydrogen-bond acceptors (Lipinski definition) is 3. The highest BCUT2D eigenvalue weighted by Gasteiger charge is 2.41. The Morgan fingerprint density at radius 3 is 2.31 bits per heavy atom. The first kappa shape index (κ1) is 14.4.